The van der Waals surface area contributed by atoms with E-state index in [4.69, 9.17) is 21.1 Å². The smallest absolute Gasteiger partial charge is 0.412 e. The highest BCUT2D eigenvalue weighted by molar-refractivity contribution is 6.32. The molecule has 0 spiro atoms. The monoisotopic (exact) mass is 310 g/mol. The van der Waals surface area contributed by atoms with Gasteiger partial charge in [-0.2, -0.15) is 0 Å². The van der Waals surface area contributed by atoms with Crippen LogP contribution < -0.4 is 10.1 Å². The minimum Gasteiger partial charge on any atom is -0.499 e. The van der Waals surface area contributed by atoms with Gasteiger partial charge in [0.1, 0.15) is 12.0 Å². The highest BCUT2D eigenvalue weighted by Crippen LogP contribution is 2.31. The maximum atomic E-state index is 11.3. The molecule has 1 aromatic carbocycles. The summed E-state index contributed by atoms with van der Waals surface area (Å²) >= 11 is 6.18. The number of nitrogens with one attached hydrogen (secondary N) is 1. The summed E-state index contributed by atoms with van der Waals surface area (Å²) in [5, 5.41) is 2.79. The number of ether oxygens (including phenoxy) is 2. The Morgan fingerprint density at radius 3 is 3.05 bits per heavy atom. The van der Waals surface area contributed by atoms with Crippen LogP contribution in [0, 0.1) is 0 Å². The molecular formula is C14H15ClN2O4. The van der Waals surface area contributed by atoms with E-state index in [9.17, 15) is 9.59 Å². The molecule has 0 aliphatic carbocycles. The topological polar surface area (TPSA) is 67.9 Å². The van der Waals surface area contributed by atoms with Crippen LogP contribution in [-0.2, 0) is 9.53 Å². The summed E-state index contributed by atoms with van der Waals surface area (Å²) in [5.74, 6) is 0.324. The fraction of sp³-hybridized carbons (Fsp3) is 0.286. The minimum atomic E-state index is -0.582. The third kappa shape index (κ3) is 3.66. The molecular weight excluding hydrogens is 296 g/mol. The van der Waals surface area contributed by atoms with E-state index >= 15 is 0 Å². The first-order valence-electron chi connectivity index (χ1n) is 6.39. The third-order valence-electron chi connectivity index (χ3n) is 2.92. The normalized spacial score (nSPS) is 14.6. The zero-order valence-corrected chi connectivity index (χ0v) is 12.2. The van der Waals surface area contributed by atoms with Gasteiger partial charge in [0.25, 0.3) is 0 Å². The van der Waals surface area contributed by atoms with Crippen LogP contribution in [0.2, 0.25) is 5.02 Å². The van der Waals surface area contributed by atoms with Crippen molar-refractivity contribution < 1.29 is 19.1 Å². The molecule has 0 saturated carbocycles. The van der Waals surface area contributed by atoms with Crippen molar-refractivity contribution in [1.29, 1.82) is 0 Å². The van der Waals surface area contributed by atoms with Crippen LogP contribution in [-0.4, -0.2) is 37.6 Å². The quantitative estimate of drug-likeness (QED) is 0.869. The number of amides is 2. The zero-order valence-electron chi connectivity index (χ0n) is 11.5. The number of nitrogens with zero attached hydrogens (tertiary/aromatic N) is 1. The molecule has 2 rings (SSSR count). The average molecular weight is 311 g/mol. The van der Waals surface area contributed by atoms with Gasteiger partial charge in [-0.25, -0.2) is 4.79 Å². The van der Waals surface area contributed by atoms with E-state index in [1.165, 1.54) is 18.2 Å². The molecule has 0 radical (unpaired) electrons. The molecule has 0 fully saturated rings. The van der Waals surface area contributed by atoms with Gasteiger partial charge in [0.05, 0.1) is 17.3 Å². The average Bonchev–Trinajstić information content (AvgIpc) is 2.74. The van der Waals surface area contributed by atoms with Crippen molar-refractivity contribution in [2.24, 2.45) is 0 Å². The van der Waals surface area contributed by atoms with Gasteiger partial charge in [0.15, 0.2) is 0 Å². The van der Waals surface area contributed by atoms with Crippen LogP contribution in [0.25, 0.3) is 5.70 Å². The first-order chi connectivity index (χ1) is 10.2. The Morgan fingerprint density at radius 1 is 1.52 bits per heavy atom. The van der Waals surface area contributed by atoms with Gasteiger partial charge < -0.3 is 19.7 Å². The van der Waals surface area contributed by atoms with Crippen LogP contribution in [0.1, 0.15) is 12.0 Å². The second kappa shape index (κ2) is 6.99. The number of hydrogen-bond acceptors (Lipinski definition) is 4. The predicted molar refractivity (Wildman–Crippen MR) is 77.9 cm³/mol. The van der Waals surface area contributed by atoms with Crippen LogP contribution >= 0.6 is 11.6 Å². The van der Waals surface area contributed by atoms with Gasteiger partial charge in [0, 0.05) is 19.2 Å². The molecule has 0 bridgehead atoms. The molecule has 1 N–H and O–H groups in total. The zero-order chi connectivity index (χ0) is 15.2. The summed E-state index contributed by atoms with van der Waals surface area (Å²) in [6.45, 7) is 1.06. The minimum absolute atomic E-state index is 0.324. The molecule has 6 nitrogen and oxygen atoms in total. The summed E-state index contributed by atoms with van der Waals surface area (Å²) in [7, 11) is 1.47. The molecule has 0 atom stereocenters. The number of rotatable bonds is 3. The third-order valence-corrected chi connectivity index (χ3v) is 3.25. The molecule has 0 saturated heterocycles. The lowest BCUT2D eigenvalue weighted by atomic mass is 10.1. The van der Waals surface area contributed by atoms with Crippen molar-refractivity contribution >= 4 is 29.8 Å². The van der Waals surface area contributed by atoms with Crippen LogP contribution in [0.3, 0.4) is 0 Å². The molecule has 0 aromatic heterocycles. The van der Waals surface area contributed by atoms with Gasteiger partial charge in [-0.3, -0.25) is 4.79 Å². The first kappa shape index (κ1) is 15.2. The summed E-state index contributed by atoms with van der Waals surface area (Å²) < 4.78 is 10.4. The lowest BCUT2D eigenvalue weighted by Gasteiger charge is -2.19. The van der Waals surface area contributed by atoms with E-state index in [1.807, 2.05) is 0 Å². The fourth-order valence-corrected chi connectivity index (χ4v) is 2.11. The molecule has 21 heavy (non-hydrogen) atoms. The molecule has 1 aliphatic rings. The van der Waals surface area contributed by atoms with Gasteiger partial charge in [0.2, 0.25) is 6.41 Å². The Bertz CT molecular complexity index is 574. The summed E-state index contributed by atoms with van der Waals surface area (Å²) in [5.41, 5.74) is 1.10. The molecule has 112 valence electrons. The molecule has 7 heteroatoms. The highest BCUT2D eigenvalue weighted by Gasteiger charge is 2.18. The van der Waals surface area contributed by atoms with Crippen LogP contribution in [0.4, 0.5) is 4.79 Å². The van der Waals surface area contributed by atoms with Crippen LogP contribution in [0.5, 0.6) is 5.75 Å². The summed E-state index contributed by atoms with van der Waals surface area (Å²) in [6, 6.07) is 4.77. The maximum Gasteiger partial charge on any atom is 0.412 e. The Morgan fingerprint density at radius 2 is 2.33 bits per heavy atom. The van der Waals surface area contributed by atoms with Crippen molar-refractivity contribution in [2.45, 2.75) is 6.42 Å². The number of halogens is 1. The first-order valence-corrected chi connectivity index (χ1v) is 6.76. The lowest BCUT2D eigenvalue weighted by molar-refractivity contribution is -0.115. The number of carbonyl (C=O) groups is 2. The standard InChI is InChI=1S/C14H15ClN2O4/c1-16-14(19)21-10-3-4-12(15)11(7-10)13-8-20-6-2-5-17(13)9-18/h3-4,7-9H,2,5-6H2,1H3,(H,16,19). The SMILES string of the molecule is CNC(=O)Oc1ccc(Cl)c(C2=COCCCN2C=O)c1. The van der Waals surface area contributed by atoms with Crippen molar-refractivity contribution in [3.8, 4) is 5.75 Å². The second-order valence-electron chi connectivity index (χ2n) is 4.31. The van der Waals surface area contributed by atoms with Gasteiger partial charge in [-0.05, 0) is 24.6 Å². The van der Waals surface area contributed by atoms with E-state index < -0.39 is 6.09 Å². The van der Waals surface area contributed by atoms with Crippen molar-refractivity contribution in [3.63, 3.8) is 0 Å². The Labute approximate surface area is 127 Å². The van der Waals surface area contributed by atoms with Crippen LogP contribution in [0.15, 0.2) is 24.5 Å². The van der Waals surface area contributed by atoms with E-state index in [1.54, 1.807) is 18.2 Å². The Kier molecular flexibility index (Phi) is 5.05. The number of hydrogen-bond donors (Lipinski definition) is 1. The molecule has 1 heterocycles. The second-order valence-corrected chi connectivity index (χ2v) is 4.71. The number of benzene rings is 1. The lowest BCUT2D eigenvalue weighted by Crippen LogP contribution is -2.23. The highest BCUT2D eigenvalue weighted by atomic mass is 35.5. The molecule has 1 aliphatic heterocycles. The number of carbonyl (C=O) groups excluding carboxylic acids is 2. The van der Waals surface area contributed by atoms with Crippen molar-refractivity contribution in [2.75, 3.05) is 20.2 Å². The molecule has 1 aromatic rings. The van der Waals surface area contributed by atoms with E-state index in [-0.39, 0.29) is 0 Å². The Balaban J connectivity index is 2.36. The van der Waals surface area contributed by atoms with E-state index in [0.29, 0.717) is 35.2 Å². The molecule has 0 unspecified atom stereocenters. The predicted octanol–water partition coefficient (Wildman–Crippen LogP) is 2.24. The van der Waals surface area contributed by atoms with Gasteiger partial charge in [-0.15, -0.1) is 0 Å². The largest absolute Gasteiger partial charge is 0.499 e. The van der Waals surface area contributed by atoms with Gasteiger partial charge in [-0.1, -0.05) is 11.6 Å². The molecule has 2 amide bonds. The van der Waals surface area contributed by atoms with E-state index in [0.717, 1.165) is 12.8 Å². The summed E-state index contributed by atoms with van der Waals surface area (Å²) in [4.78, 5) is 24.0. The van der Waals surface area contributed by atoms with Gasteiger partial charge >= 0.3 is 6.09 Å². The van der Waals surface area contributed by atoms with Crippen molar-refractivity contribution in [3.05, 3.63) is 35.0 Å². The van der Waals surface area contributed by atoms with Crippen molar-refractivity contribution in [1.82, 2.24) is 10.2 Å². The summed E-state index contributed by atoms with van der Waals surface area (Å²) in [6.07, 6.45) is 2.36. The Hall–Kier alpha value is -2.21. The fourth-order valence-electron chi connectivity index (χ4n) is 1.89. The van der Waals surface area contributed by atoms with E-state index in [2.05, 4.69) is 5.32 Å². The maximum absolute atomic E-state index is 11.3.